The molecule has 0 saturated carbocycles. The first-order valence-corrected chi connectivity index (χ1v) is 5.54. The lowest BCUT2D eigenvalue weighted by molar-refractivity contribution is 0.0697. The molecule has 0 bridgehead atoms. The van der Waals surface area contributed by atoms with Crippen LogP contribution in [0.1, 0.15) is 23.0 Å². The minimum atomic E-state index is -1.02. The Labute approximate surface area is 104 Å². The first-order valence-electron chi connectivity index (χ1n) is 5.54. The Bertz CT molecular complexity index is 525. The molecule has 2 aromatic heterocycles. The average Bonchev–Trinajstić information content (AvgIpc) is 2.88. The van der Waals surface area contributed by atoms with Crippen molar-refractivity contribution in [2.24, 2.45) is 0 Å². The molecule has 0 aromatic carbocycles. The maximum absolute atomic E-state index is 11.1. The quantitative estimate of drug-likeness (QED) is 0.867. The Balaban J connectivity index is 2.30. The molecular formula is C12H13N3O3. The number of nitrogens with zero attached hydrogens (tertiary/aromatic N) is 3. The molecule has 0 unspecified atom stereocenters. The molecule has 94 valence electrons. The van der Waals surface area contributed by atoms with Gasteiger partial charge in [-0.2, -0.15) is 5.10 Å². The average molecular weight is 247 g/mol. The first kappa shape index (κ1) is 12.1. The van der Waals surface area contributed by atoms with Crippen LogP contribution in [-0.4, -0.2) is 27.8 Å². The van der Waals surface area contributed by atoms with Gasteiger partial charge in [0.05, 0.1) is 19.0 Å². The summed E-state index contributed by atoms with van der Waals surface area (Å²) in [7, 11) is 0. The third-order valence-corrected chi connectivity index (χ3v) is 2.54. The molecule has 0 radical (unpaired) electrons. The summed E-state index contributed by atoms with van der Waals surface area (Å²) in [6, 6.07) is 5.06. The summed E-state index contributed by atoms with van der Waals surface area (Å²) in [4.78, 5) is 12.9. The number of hydrogen-bond acceptors (Lipinski definition) is 5. The summed E-state index contributed by atoms with van der Waals surface area (Å²) in [5, 5.41) is 16.8. The van der Waals surface area contributed by atoms with E-state index in [4.69, 9.17) is 9.52 Å². The fourth-order valence-electron chi connectivity index (χ4n) is 1.65. The summed E-state index contributed by atoms with van der Waals surface area (Å²) in [6.07, 6.45) is 2.95. The number of carbonyl (C=O) groups is 1. The standard InChI is InChI=1S/C12H13N3O3/c1-2-15(8-9-4-3-7-18-9)11-10(12(16)17)5-6-13-14-11/h3-7H,2,8H2,1H3,(H,16,17). The predicted octanol–water partition coefficient (Wildman–Crippen LogP) is 1.79. The maximum atomic E-state index is 11.1. The van der Waals surface area contributed by atoms with E-state index in [0.29, 0.717) is 18.9 Å². The third kappa shape index (κ3) is 2.48. The lowest BCUT2D eigenvalue weighted by atomic mass is 10.2. The summed E-state index contributed by atoms with van der Waals surface area (Å²) in [5.74, 6) is 0.0838. The predicted molar refractivity (Wildman–Crippen MR) is 64.4 cm³/mol. The Hall–Kier alpha value is -2.37. The Morgan fingerprint density at radius 1 is 1.50 bits per heavy atom. The van der Waals surface area contributed by atoms with Crippen LogP contribution in [0.4, 0.5) is 5.82 Å². The zero-order chi connectivity index (χ0) is 13.0. The minimum absolute atomic E-state index is 0.137. The van der Waals surface area contributed by atoms with Crippen LogP contribution in [-0.2, 0) is 6.54 Å². The second-order valence-electron chi connectivity index (χ2n) is 3.67. The highest BCUT2D eigenvalue weighted by Gasteiger charge is 2.17. The third-order valence-electron chi connectivity index (χ3n) is 2.54. The van der Waals surface area contributed by atoms with Crippen molar-refractivity contribution in [3.8, 4) is 0 Å². The monoisotopic (exact) mass is 247 g/mol. The first-order chi connectivity index (χ1) is 8.72. The van der Waals surface area contributed by atoms with Crippen molar-refractivity contribution in [3.63, 3.8) is 0 Å². The highest BCUT2D eigenvalue weighted by molar-refractivity contribution is 5.93. The maximum Gasteiger partial charge on any atom is 0.339 e. The van der Waals surface area contributed by atoms with Gasteiger partial charge >= 0.3 is 5.97 Å². The van der Waals surface area contributed by atoms with E-state index in [1.54, 1.807) is 17.2 Å². The number of furan rings is 1. The van der Waals surface area contributed by atoms with E-state index in [9.17, 15) is 4.79 Å². The van der Waals surface area contributed by atoms with Gasteiger partial charge in [-0.1, -0.05) is 0 Å². The van der Waals surface area contributed by atoms with Crippen molar-refractivity contribution in [2.75, 3.05) is 11.4 Å². The molecule has 0 fully saturated rings. The van der Waals surface area contributed by atoms with Crippen molar-refractivity contribution in [1.29, 1.82) is 0 Å². The molecule has 2 heterocycles. The number of aromatic nitrogens is 2. The van der Waals surface area contributed by atoms with E-state index < -0.39 is 5.97 Å². The summed E-state index contributed by atoms with van der Waals surface area (Å²) >= 11 is 0. The molecule has 2 aromatic rings. The molecule has 0 atom stereocenters. The van der Waals surface area contributed by atoms with Crippen LogP contribution >= 0.6 is 0 Å². The molecule has 0 saturated heterocycles. The van der Waals surface area contributed by atoms with Crippen molar-refractivity contribution in [2.45, 2.75) is 13.5 Å². The Morgan fingerprint density at radius 2 is 2.33 bits per heavy atom. The van der Waals surface area contributed by atoms with Crippen molar-refractivity contribution in [3.05, 3.63) is 42.0 Å². The largest absolute Gasteiger partial charge is 0.478 e. The number of aromatic carboxylic acids is 1. The molecular weight excluding hydrogens is 234 g/mol. The molecule has 1 N–H and O–H groups in total. The van der Waals surface area contributed by atoms with Gasteiger partial charge in [0.15, 0.2) is 5.82 Å². The van der Waals surface area contributed by atoms with E-state index in [-0.39, 0.29) is 5.56 Å². The van der Waals surface area contributed by atoms with Gasteiger partial charge in [0, 0.05) is 6.54 Å². The lowest BCUT2D eigenvalue weighted by Crippen LogP contribution is -2.25. The van der Waals surface area contributed by atoms with Crippen LogP contribution < -0.4 is 4.90 Å². The van der Waals surface area contributed by atoms with Crippen LogP contribution in [0, 0.1) is 0 Å². The number of carboxylic acids is 1. The van der Waals surface area contributed by atoms with Gasteiger partial charge in [0.2, 0.25) is 0 Å². The number of carboxylic acid groups (broad SMARTS) is 1. The Kier molecular flexibility index (Phi) is 3.57. The summed E-state index contributed by atoms with van der Waals surface area (Å²) in [6.45, 7) is 2.99. The van der Waals surface area contributed by atoms with Gasteiger partial charge < -0.3 is 14.4 Å². The van der Waals surface area contributed by atoms with Crippen LogP contribution in [0.15, 0.2) is 35.1 Å². The highest BCUT2D eigenvalue weighted by Crippen LogP contribution is 2.18. The molecule has 0 aliphatic heterocycles. The normalized spacial score (nSPS) is 10.3. The fourth-order valence-corrected chi connectivity index (χ4v) is 1.65. The fraction of sp³-hybridized carbons (Fsp3) is 0.250. The second-order valence-corrected chi connectivity index (χ2v) is 3.67. The smallest absolute Gasteiger partial charge is 0.339 e. The van der Waals surface area contributed by atoms with E-state index in [1.165, 1.54) is 12.3 Å². The van der Waals surface area contributed by atoms with E-state index in [1.807, 2.05) is 13.0 Å². The van der Waals surface area contributed by atoms with Gasteiger partial charge in [0.1, 0.15) is 11.3 Å². The number of rotatable bonds is 5. The number of hydrogen-bond donors (Lipinski definition) is 1. The van der Waals surface area contributed by atoms with E-state index >= 15 is 0 Å². The van der Waals surface area contributed by atoms with Gasteiger partial charge in [-0.25, -0.2) is 4.79 Å². The van der Waals surface area contributed by atoms with Gasteiger partial charge in [0.25, 0.3) is 0 Å². The zero-order valence-electron chi connectivity index (χ0n) is 9.91. The molecule has 6 nitrogen and oxygen atoms in total. The van der Waals surface area contributed by atoms with Gasteiger partial charge in [-0.15, -0.1) is 5.10 Å². The van der Waals surface area contributed by atoms with Crippen molar-refractivity contribution >= 4 is 11.8 Å². The molecule has 0 aliphatic carbocycles. The van der Waals surface area contributed by atoms with Crippen LogP contribution in [0.5, 0.6) is 0 Å². The SMILES string of the molecule is CCN(Cc1ccco1)c1nnccc1C(=O)O. The molecule has 2 rings (SSSR count). The van der Waals surface area contributed by atoms with Crippen molar-refractivity contribution < 1.29 is 14.3 Å². The van der Waals surface area contributed by atoms with Gasteiger partial charge in [-0.3, -0.25) is 0 Å². The topological polar surface area (TPSA) is 79.5 Å². The Morgan fingerprint density at radius 3 is 2.94 bits per heavy atom. The molecule has 18 heavy (non-hydrogen) atoms. The van der Waals surface area contributed by atoms with E-state index in [2.05, 4.69) is 10.2 Å². The van der Waals surface area contributed by atoms with Crippen molar-refractivity contribution in [1.82, 2.24) is 10.2 Å². The highest BCUT2D eigenvalue weighted by atomic mass is 16.4. The minimum Gasteiger partial charge on any atom is -0.478 e. The van der Waals surface area contributed by atoms with Crippen LogP contribution in [0.25, 0.3) is 0 Å². The van der Waals surface area contributed by atoms with Crippen LogP contribution in [0.3, 0.4) is 0 Å². The van der Waals surface area contributed by atoms with Crippen LogP contribution in [0.2, 0.25) is 0 Å². The zero-order valence-corrected chi connectivity index (χ0v) is 9.91. The summed E-state index contributed by atoms with van der Waals surface area (Å²) in [5.41, 5.74) is 0.137. The summed E-state index contributed by atoms with van der Waals surface area (Å²) < 4.78 is 5.25. The second kappa shape index (κ2) is 5.31. The van der Waals surface area contributed by atoms with E-state index in [0.717, 1.165) is 5.76 Å². The molecule has 0 amide bonds. The number of anilines is 1. The molecule has 0 aliphatic rings. The lowest BCUT2D eigenvalue weighted by Gasteiger charge is -2.21. The van der Waals surface area contributed by atoms with Gasteiger partial charge in [-0.05, 0) is 25.1 Å². The molecule has 6 heteroatoms. The molecule has 0 spiro atoms.